The lowest BCUT2D eigenvalue weighted by Crippen LogP contribution is -2.41. The number of nitrogens with one attached hydrogen (secondary N) is 1. The summed E-state index contributed by atoms with van der Waals surface area (Å²) in [4.78, 5) is 12.3. The Bertz CT molecular complexity index is 906. The van der Waals surface area contributed by atoms with Crippen molar-refractivity contribution in [2.24, 2.45) is 0 Å². The molecule has 0 aliphatic rings. The number of amides is 1. The molecule has 0 aliphatic heterocycles. The Hall–Kier alpha value is -1.90. The maximum absolute atomic E-state index is 12.3. The Morgan fingerprint density at radius 2 is 1.86 bits per heavy atom. The number of ether oxygens (including phenoxy) is 1. The molecule has 0 bridgehead atoms. The molecule has 0 fully saturated rings. The fourth-order valence-corrected chi connectivity index (χ4v) is 4.47. The van der Waals surface area contributed by atoms with E-state index in [4.69, 9.17) is 16.3 Å². The second-order valence-electron chi connectivity index (χ2n) is 5.94. The summed E-state index contributed by atoms with van der Waals surface area (Å²) in [5.41, 5.74) is 1.37. The van der Waals surface area contributed by atoms with Crippen molar-refractivity contribution in [3.8, 4) is 5.75 Å². The lowest BCUT2D eigenvalue weighted by molar-refractivity contribution is -0.119. The van der Waals surface area contributed by atoms with Gasteiger partial charge in [0.05, 0.1) is 19.1 Å². The summed E-state index contributed by atoms with van der Waals surface area (Å²) in [7, 11) is -2.20. The maximum Gasteiger partial charge on any atom is 0.240 e. The van der Waals surface area contributed by atoms with Crippen molar-refractivity contribution in [2.75, 3.05) is 36.5 Å². The molecule has 0 unspecified atom stereocenters. The number of thioether (sulfide) groups is 1. The zero-order valence-electron chi connectivity index (χ0n) is 15.7. The van der Waals surface area contributed by atoms with Crippen LogP contribution in [0.3, 0.4) is 0 Å². The van der Waals surface area contributed by atoms with E-state index in [-0.39, 0.29) is 12.5 Å². The second-order valence-corrected chi connectivity index (χ2v) is 9.35. The number of hydrogen-bond donors (Lipinski definition) is 1. The molecule has 9 heteroatoms. The first kappa shape index (κ1) is 22.4. The first-order valence-electron chi connectivity index (χ1n) is 8.51. The molecule has 1 N–H and O–H groups in total. The van der Waals surface area contributed by atoms with E-state index in [0.29, 0.717) is 23.7 Å². The number of carbonyl (C=O) groups is 1. The van der Waals surface area contributed by atoms with Crippen LogP contribution in [-0.2, 0) is 20.6 Å². The average molecular weight is 443 g/mol. The number of benzene rings is 2. The third-order valence-corrected chi connectivity index (χ3v) is 6.33. The number of rotatable bonds is 10. The number of halogens is 1. The quantitative estimate of drug-likeness (QED) is 0.572. The summed E-state index contributed by atoms with van der Waals surface area (Å²) < 4.78 is 30.6. The number of para-hydroxylation sites is 2. The molecular weight excluding hydrogens is 420 g/mol. The normalized spacial score (nSPS) is 11.1. The Balaban J connectivity index is 1.88. The summed E-state index contributed by atoms with van der Waals surface area (Å²) in [5.74, 6) is 1.43. The predicted molar refractivity (Wildman–Crippen MR) is 116 cm³/mol. The van der Waals surface area contributed by atoms with Crippen molar-refractivity contribution >= 4 is 45.0 Å². The third-order valence-electron chi connectivity index (χ3n) is 3.83. The molecule has 0 heterocycles. The Morgan fingerprint density at radius 1 is 1.18 bits per heavy atom. The molecular formula is C19H23ClN2O4S2. The molecule has 0 aromatic heterocycles. The van der Waals surface area contributed by atoms with Gasteiger partial charge in [0.2, 0.25) is 15.9 Å². The van der Waals surface area contributed by atoms with E-state index in [1.165, 1.54) is 7.11 Å². The molecule has 2 aromatic carbocycles. The van der Waals surface area contributed by atoms with Crippen molar-refractivity contribution in [2.45, 2.75) is 5.75 Å². The van der Waals surface area contributed by atoms with Crippen LogP contribution in [0.25, 0.3) is 0 Å². The Kier molecular flexibility index (Phi) is 8.47. The number of hydrogen-bond acceptors (Lipinski definition) is 5. The van der Waals surface area contributed by atoms with Crippen LogP contribution in [0.15, 0.2) is 48.5 Å². The summed E-state index contributed by atoms with van der Waals surface area (Å²) >= 11 is 7.75. The molecule has 152 valence electrons. The molecule has 0 saturated heterocycles. The highest BCUT2D eigenvalue weighted by Crippen LogP contribution is 2.29. The molecule has 2 rings (SSSR count). The number of methoxy groups -OCH3 is 1. The van der Waals surface area contributed by atoms with Crippen LogP contribution in [0.5, 0.6) is 5.75 Å². The highest BCUT2D eigenvalue weighted by atomic mass is 35.5. The largest absolute Gasteiger partial charge is 0.495 e. The van der Waals surface area contributed by atoms with E-state index in [0.717, 1.165) is 26.9 Å². The van der Waals surface area contributed by atoms with Crippen LogP contribution in [0.4, 0.5) is 5.69 Å². The first-order valence-corrected chi connectivity index (χ1v) is 11.9. The summed E-state index contributed by atoms with van der Waals surface area (Å²) in [6.45, 7) is 0.117. The third kappa shape index (κ3) is 6.61. The van der Waals surface area contributed by atoms with Gasteiger partial charge in [0.15, 0.2) is 0 Å². The van der Waals surface area contributed by atoms with Crippen molar-refractivity contribution in [3.63, 3.8) is 0 Å². The van der Waals surface area contributed by atoms with Gasteiger partial charge in [0.25, 0.3) is 0 Å². The van der Waals surface area contributed by atoms with E-state index in [9.17, 15) is 13.2 Å². The van der Waals surface area contributed by atoms with Gasteiger partial charge in [-0.15, -0.1) is 0 Å². The van der Waals surface area contributed by atoms with E-state index >= 15 is 0 Å². The minimum absolute atomic E-state index is 0.311. The Morgan fingerprint density at radius 3 is 2.54 bits per heavy atom. The number of sulfonamides is 1. The van der Waals surface area contributed by atoms with Gasteiger partial charge < -0.3 is 10.1 Å². The molecule has 6 nitrogen and oxygen atoms in total. The van der Waals surface area contributed by atoms with Gasteiger partial charge in [0.1, 0.15) is 12.3 Å². The average Bonchev–Trinajstić information content (AvgIpc) is 2.66. The van der Waals surface area contributed by atoms with Crippen LogP contribution in [0, 0.1) is 0 Å². The zero-order chi connectivity index (χ0) is 20.6. The van der Waals surface area contributed by atoms with Gasteiger partial charge in [0, 0.05) is 23.1 Å². The molecule has 2 aromatic rings. The summed E-state index contributed by atoms with van der Waals surface area (Å²) in [6, 6.07) is 14.3. The van der Waals surface area contributed by atoms with E-state index in [2.05, 4.69) is 5.32 Å². The molecule has 0 spiro atoms. The van der Waals surface area contributed by atoms with E-state index < -0.39 is 10.0 Å². The van der Waals surface area contributed by atoms with E-state index in [1.54, 1.807) is 36.0 Å². The Labute approximate surface area is 175 Å². The van der Waals surface area contributed by atoms with E-state index in [1.807, 2.05) is 24.3 Å². The molecule has 28 heavy (non-hydrogen) atoms. The lowest BCUT2D eigenvalue weighted by atomic mass is 10.2. The summed E-state index contributed by atoms with van der Waals surface area (Å²) in [6.07, 6.45) is 1.06. The second kappa shape index (κ2) is 10.6. The van der Waals surface area contributed by atoms with Crippen LogP contribution >= 0.6 is 23.4 Å². The van der Waals surface area contributed by atoms with Crippen molar-refractivity contribution in [1.82, 2.24) is 5.32 Å². The number of anilines is 1. The molecule has 0 saturated carbocycles. The van der Waals surface area contributed by atoms with Crippen molar-refractivity contribution < 1.29 is 17.9 Å². The van der Waals surface area contributed by atoms with Gasteiger partial charge >= 0.3 is 0 Å². The zero-order valence-corrected chi connectivity index (χ0v) is 18.1. The lowest BCUT2D eigenvalue weighted by Gasteiger charge is -2.23. The number of carbonyl (C=O) groups excluding carboxylic acids is 1. The molecule has 0 aliphatic carbocycles. The van der Waals surface area contributed by atoms with Crippen LogP contribution < -0.4 is 14.4 Å². The molecule has 1 amide bonds. The van der Waals surface area contributed by atoms with Gasteiger partial charge in [-0.25, -0.2) is 8.42 Å². The van der Waals surface area contributed by atoms with Gasteiger partial charge in [-0.1, -0.05) is 41.9 Å². The monoisotopic (exact) mass is 442 g/mol. The maximum atomic E-state index is 12.3. The molecule has 0 radical (unpaired) electrons. The van der Waals surface area contributed by atoms with Gasteiger partial charge in [-0.2, -0.15) is 11.8 Å². The van der Waals surface area contributed by atoms with Crippen LogP contribution in [0.1, 0.15) is 5.56 Å². The van der Waals surface area contributed by atoms with Crippen LogP contribution in [-0.4, -0.2) is 46.5 Å². The molecule has 0 atom stereocenters. The highest BCUT2D eigenvalue weighted by molar-refractivity contribution is 7.98. The topological polar surface area (TPSA) is 75.7 Å². The SMILES string of the molecule is COc1ccccc1N(CC(=O)NCCSCc1ccccc1Cl)S(C)(=O)=O. The highest BCUT2D eigenvalue weighted by Gasteiger charge is 2.23. The number of nitrogens with zero attached hydrogens (tertiary/aromatic N) is 1. The standard InChI is InChI=1S/C19H23ClN2O4S2/c1-26-18-10-6-5-9-17(18)22(28(2,24)25)13-19(23)21-11-12-27-14-15-7-3-4-8-16(15)20/h3-10H,11-14H2,1-2H3,(H,21,23). The van der Waals surface area contributed by atoms with Crippen molar-refractivity contribution in [1.29, 1.82) is 0 Å². The summed E-state index contributed by atoms with van der Waals surface area (Å²) in [5, 5.41) is 3.48. The van der Waals surface area contributed by atoms with Gasteiger partial charge in [-0.3, -0.25) is 9.10 Å². The fourth-order valence-electron chi connectivity index (χ4n) is 2.46. The predicted octanol–water partition coefficient (Wildman–Crippen LogP) is 3.16. The smallest absolute Gasteiger partial charge is 0.240 e. The first-order chi connectivity index (χ1) is 13.3. The fraction of sp³-hybridized carbons (Fsp3) is 0.316. The minimum Gasteiger partial charge on any atom is -0.495 e. The van der Waals surface area contributed by atoms with Gasteiger partial charge in [-0.05, 0) is 23.8 Å². The van der Waals surface area contributed by atoms with Crippen molar-refractivity contribution in [3.05, 3.63) is 59.1 Å². The van der Waals surface area contributed by atoms with Crippen LogP contribution in [0.2, 0.25) is 5.02 Å². The minimum atomic E-state index is -3.65.